The van der Waals surface area contributed by atoms with E-state index in [9.17, 15) is 9.90 Å². The van der Waals surface area contributed by atoms with Gasteiger partial charge in [0.05, 0.1) is 16.9 Å². The largest absolute Gasteiger partial charge is 0.461 e. The molecule has 0 amide bonds. The van der Waals surface area contributed by atoms with Crippen molar-refractivity contribution in [2.45, 2.75) is 89.8 Å². The summed E-state index contributed by atoms with van der Waals surface area (Å²) in [6.07, 6.45) is 2.30. The van der Waals surface area contributed by atoms with E-state index < -0.39 is 30.9 Å². The Balaban J connectivity index is 2.08. The molecule has 1 N–H and O–H groups in total. The van der Waals surface area contributed by atoms with Crippen molar-refractivity contribution in [3.8, 4) is 5.75 Å². The summed E-state index contributed by atoms with van der Waals surface area (Å²) in [5.74, 6) is -1.41. The van der Waals surface area contributed by atoms with Crippen LogP contribution in [-0.2, 0) is 19.4 Å². The molecule has 31 heavy (non-hydrogen) atoms. The molecule has 1 aliphatic carbocycles. The first-order chi connectivity index (χ1) is 14.1. The number of aliphatic hydroxyl groups is 1. The van der Waals surface area contributed by atoms with Crippen LogP contribution in [0.2, 0.25) is 18.1 Å². The normalized spacial score (nSPS) is 29.5. The van der Waals surface area contributed by atoms with Gasteiger partial charge in [0.15, 0.2) is 8.32 Å². The van der Waals surface area contributed by atoms with E-state index in [1.54, 1.807) is 0 Å². The van der Waals surface area contributed by atoms with Crippen LogP contribution in [0.5, 0.6) is 5.75 Å². The number of hydrogen-bond donors (Lipinski definition) is 1. The number of carbonyl (C=O) groups is 1. The first-order valence-electron chi connectivity index (χ1n) is 11.1. The van der Waals surface area contributed by atoms with Crippen molar-refractivity contribution < 1.29 is 23.8 Å². The van der Waals surface area contributed by atoms with Crippen molar-refractivity contribution in [1.29, 1.82) is 0 Å². The summed E-state index contributed by atoms with van der Waals surface area (Å²) in [7, 11) is -2.08. The predicted octanol–water partition coefficient (Wildman–Crippen LogP) is 5.25. The Hall–Kier alpha value is -1.63. The van der Waals surface area contributed by atoms with Crippen LogP contribution in [0.15, 0.2) is 30.9 Å². The molecular formula is C25H38O5Si. The molecule has 5 nitrogen and oxygen atoms in total. The van der Waals surface area contributed by atoms with E-state index in [1.165, 1.54) is 0 Å². The minimum atomic E-state index is -2.08. The lowest BCUT2D eigenvalue weighted by molar-refractivity contribution is -0.291. The Morgan fingerprint density at radius 2 is 2.00 bits per heavy atom. The SMILES string of the molecule is C=CC(=O)OC[C@]12CC[C@H](O[Si](C)(C)C(C)(C)C)C(C)(C)C1(O)Oc1c(C)cccc12. The van der Waals surface area contributed by atoms with E-state index in [2.05, 4.69) is 40.4 Å². The lowest BCUT2D eigenvalue weighted by atomic mass is 9.56. The zero-order valence-corrected chi connectivity index (χ0v) is 21.3. The van der Waals surface area contributed by atoms with Crippen LogP contribution in [-0.4, -0.2) is 37.9 Å². The second-order valence-corrected chi connectivity index (χ2v) is 16.0. The number of esters is 1. The second kappa shape index (κ2) is 7.46. The van der Waals surface area contributed by atoms with Gasteiger partial charge in [-0.05, 0) is 43.5 Å². The number of fused-ring (bicyclic) bond motifs is 3. The van der Waals surface area contributed by atoms with Gasteiger partial charge in [0.2, 0.25) is 5.79 Å². The first-order valence-corrected chi connectivity index (χ1v) is 14.0. The van der Waals surface area contributed by atoms with Crippen LogP contribution >= 0.6 is 0 Å². The summed E-state index contributed by atoms with van der Waals surface area (Å²) in [5, 5.41) is 12.3. The molecule has 1 aromatic rings. The fourth-order valence-corrected chi connectivity index (χ4v) is 6.32. The Morgan fingerprint density at radius 1 is 1.35 bits per heavy atom. The number of rotatable bonds is 5. The summed E-state index contributed by atoms with van der Waals surface area (Å²) in [4.78, 5) is 12.0. The van der Waals surface area contributed by atoms with Gasteiger partial charge in [0.25, 0.3) is 0 Å². The quantitative estimate of drug-likeness (QED) is 0.380. The van der Waals surface area contributed by atoms with Gasteiger partial charge in [-0.15, -0.1) is 0 Å². The summed E-state index contributed by atoms with van der Waals surface area (Å²) in [6, 6.07) is 5.91. The highest BCUT2D eigenvalue weighted by Gasteiger charge is 2.72. The third-order valence-corrected chi connectivity index (χ3v) is 12.5. The van der Waals surface area contributed by atoms with Crippen LogP contribution < -0.4 is 4.74 Å². The number of aryl methyl sites for hydroxylation is 1. The molecule has 1 aliphatic heterocycles. The molecule has 172 valence electrons. The molecule has 6 heteroatoms. The van der Waals surface area contributed by atoms with Crippen molar-refractivity contribution in [1.82, 2.24) is 0 Å². The number of ether oxygens (including phenoxy) is 2. The smallest absolute Gasteiger partial charge is 0.330 e. The van der Waals surface area contributed by atoms with Gasteiger partial charge in [-0.2, -0.15) is 0 Å². The molecule has 0 spiro atoms. The van der Waals surface area contributed by atoms with E-state index in [0.29, 0.717) is 12.2 Å². The zero-order valence-electron chi connectivity index (χ0n) is 20.3. The summed E-state index contributed by atoms with van der Waals surface area (Å²) >= 11 is 0. The van der Waals surface area contributed by atoms with E-state index in [-0.39, 0.29) is 17.7 Å². The lowest BCUT2D eigenvalue weighted by Gasteiger charge is -2.57. The average Bonchev–Trinajstić information content (AvgIpc) is 2.93. The fourth-order valence-electron chi connectivity index (χ4n) is 4.84. The van der Waals surface area contributed by atoms with Gasteiger partial charge >= 0.3 is 5.97 Å². The predicted molar refractivity (Wildman–Crippen MR) is 125 cm³/mol. The lowest BCUT2D eigenvalue weighted by Crippen LogP contribution is -2.70. The van der Waals surface area contributed by atoms with Crippen molar-refractivity contribution in [3.05, 3.63) is 42.0 Å². The zero-order chi connectivity index (χ0) is 23.5. The Morgan fingerprint density at radius 3 is 2.58 bits per heavy atom. The Labute approximate surface area is 187 Å². The van der Waals surface area contributed by atoms with Crippen molar-refractivity contribution in [2.24, 2.45) is 5.41 Å². The van der Waals surface area contributed by atoms with Crippen LogP contribution in [0, 0.1) is 12.3 Å². The second-order valence-electron chi connectivity index (χ2n) is 11.2. The monoisotopic (exact) mass is 446 g/mol. The van der Waals surface area contributed by atoms with Crippen LogP contribution in [0.3, 0.4) is 0 Å². The molecular weight excluding hydrogens is 408 g/mol. The summed E-state index contributed by atoms with van der Waals surface area (Å²) in [6.45, 7) is 20.6. The number of carbonyl (C=O) groups excluding carboxylic acids is 1. The molecule has 1 saturated carbocycles. The Kier molecular flexibility index (Phi) is 5.78. The third-order valence-electron chi connectivity index (χ3n) is 8.01. The van der Waals surface area contributed by atoms with E-state index in [0.717, 1.165) is 23.6 Å². The molecule has 0 aromatic heterocycles. The van der Waals surface area contributed by atoms with Gasteiger partial charge in [-0.3, -0.25) is 0 Å². The summed E-state index contributed by atoms with van der Waals surface area (Å²) in [5.41, 5.74) is 0.231. The average molecular weight is 447 g/mol. The maximum atomic E-state index is 12.3. The number of hydrogen-bond acceptors (Lipinski definition) is 5. The standard InChI is InChI=1S/C25H38O5Si/c1-10-20(26)28-16-24-15-14-19(30-31(8,9)22(3,4)5)23(6,7)25(24,27)29-21-17(2)12-11-13-18(21)24/h10-13,19,27H,1,14-16H2,2-9H3/t19-,24-,25?/m0/s1. The first kappa shape index (κ1) is 24.0. The van der Waals surface area contributed by atoms with Gasteiger partial charge in [0.1, 0.15) is 12.4 Å². The number of benzene rings is 1. The van der Waals surface area contributed by atoms with Gasteiger partial charge in [0, 0.05) is 11.6 Å². The molecule has 0 bridgehead atoms. The van der Waals surface area contributed by atoms with Crippen LogP contribution in [0.25, 0.3) is 0 Å². The summed E-state index contributed by atoms with van der Waals surface area (Å²) < 4.78 is 18.8. The van der Waals surface area contributed by atoms with E-state index >= 15 is 0 Å². The molecule has 0 radical (unpaired) electrons. The molecule has 3 rings (SSSR count). The third kappa shape index (κ3) is 3.47. The van der Waals surface area contributed by atoms with Crippen LogP contribution in [0.1, 0.15) is 58.6 Å². The molecule has 1 fully saturated rings. The van der Waals surface area contributed by atoms with Gasteiger partial charge in [-0.1, -0.05) is 59.4 Å². The van der Waals surface area contributed by atoms with E-state index in [1.807, 2.05) is 39.0 Å². The van der Waals surface area contributed by atoms with Crippen LogP contribution in [0.4, 0.5) is 0 Å². The highest BCUT2D eigenvalue weighted by molar-refractivity contribution is 6.74. The molecule has 3 atom stereocenters. The minimum Gasteiger partial charge on any atom is -0.461 e. The maximum absolute atomic E-state index is 12.3. The maximum Gasteiger partial charge on any atom is 0.330 e. The van der Waals surface area contributed by atoms with Gasteiger partial charge in [-0.25, -0.2) is 4.79 Å². The number of para-hydroxylation sites is 1. The highest BCUT2D eigenvalue weighted by Crippen LogP contribution is 2.63. The molecule has 1 aromatic carbocycles. The van der Waals surface area contributed by atoms with Crippen molar-refractivity contribution >= 4 is 14.3 Å². The van der Waals surface area contributed by atoms with Crippen molar-refractivity contribution in [2.75, 3.05) is 6.61 Å². The molecule has 0 saturated heterocycles. The minimum absolute atomic E-state index is 0.0288. The molecule has 2 aliphatic rings. The van der Waals surface area contributed by atoms with Gasteiger partial charge < -0.3 is 19.0 Å². The molecule has 1 unspecified atom stereocenters. The van der Waals surface area contributed by atoms with Crippen molar-refractivity contribution in [3.63, 3.8) is 0 Å². The highest BCUT2D eigenvalue weighted by atomic mass is 28.4. The van der Waals surface area contributed by atoms with E-state index in [4.69, 9.17) is 13.9 Å². The fraction of sp³-hybridized carbons (Fsp3) is 0.640. The Bertz CT molecular complexity index is 884. The molecule has 1 heterocycles. The topological polar surface area (TPSA) is 65.0 Å².